The lowest BCUT2D eigenvalue weighted by Gasteiger charge is -2.15. The minimum absolute atomic E-state index is 0.00846. The van der Waals surface area contributed by atoms with Crippen molar-refractivity contribution >= 4 is 27.7 Å². The summed E-state index contributed by atoms with van der Waals surface area (Å²) in [4.78, 5) is 12.3. The molecule has 0 saturated heterocycles. The van der Waals surface area contributed by atoms with Gasteiger partial charge in [0.15, 0.2) is 11.5 Å². The van der Waals surface area contributed by atoms with E-state index in [1.165, 1.54) is 24.3 Å². The second-order valence-corrected chi connectivity index (χ2v) is 7.31. The molecule has 6 heteroatoms. The van der Waals surface area contributed by atoms with Crippen LogP contribution in [0, 0.1) is 0 Å². The first-order chi connectivity index (χ1) is 13.6. The molecule has 1 aliphatic carbocycles. The lowest BCUT2D eigenvalue weighted by molar-refractivity contribution is 0.158. The average Bonchev–Trinajstić information content (AvgIpc) is 3.03. The van der Waals surface area contributed by atoms with Crippen LogP contribution in [0.3, 0.4) is 0 Å². The van der Waals surface area contributed by atoms with E-state index in [9.17, 15) is 9.90 Å². The molecule has 142 valence electrons. The van der Waals surface area contributed by atoms with Gasteiger partial charge in [-0.1, -0.05) is 48.5 Å². The van der Waals surface area contributed by atoms with Crippen LogP contribution in [0.4, 0.5) is 10.5 Å². The molecular formula is C22H18BrNO4. The van der Waals surface area contributed by atoms with Crippen LogP contribution in [0.1, 0.15) is 17.0 Å². The molecule has 0 heterocycles. The van der Waals surface area contributed by atoms with Crippen molar-refractivity contribution in [2.45, 2.75) is 5.92 Å². The summed E-state index contributed by atoms with van der Waals surface area (Å²) < 4.78 is 11.1. The van der Waals surface area contributed by atoms with Crippen molar-refractivity contribution in [2.75, 3.05) is 19.0 Å². The number of carbonyl (C=O) groups is 1. The molecule has 3 aromatic carbocycles. The van der Waals surface area contributed by atoms with Crippen LogP contribution >= 0.6 is 15.9 Å². The lowest BCUT2D eigenvalue weighted by Crippen LogP contribution is -2.18. The minimum Gasteiger partial charge on any atom is -0.504 e. The van der Waals surface area contributed by atoms with Gasteiger partial charge in [0.05, 0.1) is 12.8 Å². The predicted octanol–water partition coefficient (Wildman–Crippen LogP) is 5.52. The zero-order chi connectivity index (χ0) is 19.7. The first-order valence-electron chi connectivity index (χ1n) is 8.77. The van der Waals surface area contributed by atoms with Gasteiger partial charge in [0, 0.05) is 22.5 Å². The van der Waals surface area contributed by atoms with E-state index >= 15 is 0 Å². The lowest BCUT2D eigenvalue weighted by atomic mass is 9.98. The number of fused-ring (bicyclic) bond motifs is 3. The van der Waals surface area contributed by atoms with Gasteiger partial charge < -0.3 is 14.6 Å². The Bertz CT molecular complexity index is 1000. The van der Waals surface area contributed by atoms with E-state index in [0.29, 0.717) is 15.9 Å². The SMILES string of the molecule is COc1cc(Br)c(NC(=O)OCC2c3ccccc3-c3ccccc32)cc1O. The third-order valence-corrected chi connectivity index (χ3v) is 5.51. The fourth-order valence-electron chi connectivity index (χ4n) is 3.55. The smallest absolute Gasteiger partial charge is 0.411 e. The van der Waals surface area contributed by atoms with Crippen molar-refractivity contribution in [1.82, 2.24) is 0 Å². The van der Waals surface area contributed by atoms with Gasteiger partial charge in [0.25, 0.3) is 0 Å². The molecule has 0 spiro atoms. The van der Waals surface area contributed by atoms with Crippen molar-refractivity contribution in [1.29, 1.82) is 0 Å². The van der Waals surface area contributed by atoms with E-state index in [4.69, 9.17) is 9.47 Å². The molecule has 0 radical (unpaired) electrons. The molecule has 0 unspecified atom stereocenters. The summed E-state index contributed by atoms with van der Waals surface area (Å²) in [5.41, 5.74) is 5.06. The monoisotopic (exact) mass is 439 g/mol. The number of anilines is 1. The number of rotatable bonds is 4. The van der Waals surface area contributed by atoms with E-state index in [1.807, 2.05) is 24.3 Å². The largest absolute Gasteiger partial charge is 0.504 e. The summed E-state index contributed by atoms with van der Waals surface area (Å²) >= 11 is 3.35. The molecule has 0 fully saturated rings. The van der Waals surface area contributed by atoms with Crippen LogP contribution in [0.5, 0.6) is 11.5 Å². The van der Waals surface area contributed by atoms with Gasteiger partial charge in [0.2, 0.25) is 0 Å². The van der Waals surface area contributed by atoms with Crippen molar-refractivity contribution in [3.63, 3.8) is 0 Å². The van der Waals surface area contributed by atoms with Crippen LogP contribution in [0.2, 0.25) is 0 Å². The minimum atomic E-state index is -0.591. The topological polar surface area (TPSA) is 67.8 Å². The molecule has 28 heavy (non-hydrogen) atoms. The van der Waals surface area contributed by atoms with Gasteiger partial charge in [-0.15, -0.1) is 0 Å². The molecule has 5 nitrogen and oxygen atoms in total. The number of hydrogen-bond donors (Lipinski definition) is 2. The first kappa shape index (κ1) is 18.4. The molecule has 0 atom stereocenters. The maximum atomic E-state index is 12.3. The van der Waals surface area contributed by atoms with E-state index in [0.717, 1.165) is 11.1 Å². The highest BCUT2D eigenvalue weighted by Crippen LogP contribution is 2.44. The van der Waals surface area contributed by atoms with Gasteiger partial charge in [-0.05, 0) is 38.2 Å². The third kappa shape index (κ3) is 3.31. The quantitative estimate of drug-likeness (QED) is 0.560. The van der Waals surface area contributed by atoms with Crippen molar-refractivity contribution in [3.8, 4) is 22.6 Å². The fourth-order valence-corrected chi connectivity index (χ4v) is 3.97. The van der Waals surface area contributed by atoms with E-state index < -0.39 is 6.09 Å². The number of amides is 1. The highest BCUT2D eigenvalue weighted by atomic mass is 79.9. The highest BCUT2D eigenvalue weighted by Gasteiger charge is 2.29. The van der Waals surface area contributed by atoms with E-state index in [2.05, 4.69) is 45.5 Å². The summed E-state index contributed by atoms with van der Waals surface area (Å²) in [5, 5.41) is 12.6. The third-order valence-electron chi connectivity index (χ3n) is 4.85. The molecule has 2 N–H and O–H groups in total. The number of nitrogens with one attached hydrogen (secondary N) is 1. The van der Waals surface area contributed by atoms with Gasteiger partial charge in [-0.2, -0.15) is 0 Å². The van der Waals surface area contributed by atoms with Gasteiger partial charge in [-0.25, -0.2) is 4.79 Å². The Labute approximate surface area is 171 Å². The first-order valence-corrected chi connectivity index (χ1v) is 9.56. The normalized spacial score (nSPS) is 12.2. The maximum Gasteiger partial charge on any atom is 0.411 e. The second kappa shape index (κ2) is 7.56. The summed E-state index contributed by atoms with van der Waals surface area (Å²) in [6.45, 7) is 0.222. The highest BCUT2D eigenvalue weighted by molar-refractivity contribution is 9.10. The molecule has 4 rings (SSSR count). The number of ether oxygens (including phenoxy) is 2. The van der Waals surface area contributed by atoms with Crippen molar-refractivity contribution in [3.05, 3.63) is 76.3 Å². The Balaban J connectivity index is 1.49. The van der Waals surface area contributed by atoms with Gasteiger partial charge >= 0.3 is 6.09 Å². The van der Waals surface area contributed by atoms with Crippen LogP contribution in [0.25, 0.3) is 11.1 Å². The number of methoxy groups -OCH3 is 1. The summed E-state index contributed by atoms with van der Waals surface area (Å²) in [6, 6.07) is 19.3. The molecular weight excluding hydrogens is 422 g/mol. The Kier molecular flexibility index (Phi) is 4.96. The molecule has 3 aromatic rings. The number of halogens is 1. The molecule has 1 aliphatic rings. The molecule has 1 amide bonds. The predicted molar refractivity (Wildman–Crippen MR) is 111 cm³/mol. The summed E-state index contributed by atoms with van der Waals surface area (Å²) in [7, 11) is 1.46. The average molecular weight is 440 g/mol. The van der Waals surface area contributed by atoms with Gasteiger partial charge in [-0.3, -0.25) is 5.32 Å². The molecule has 0 bridgehead atoms. The number of benzene rings is 3. The molecule has 0 aliphatic heterocycles. The molecule has 0 aromatic heterocycles. The summed E-state index contributed by atoms with van der Waals surface area (Å²) in [5.74, 6) is 0.232. The van der Waals surface area contributed by atoms with Crippen molar-refractivity contribution in [2.24, 2.45) is 0 Å². The zero-order valence-electron chi connectivity index (χ0n) is 15.1. The van der Waals surface area contributed by atoms with E-state index in [-0.39, 0.29) is 18.3 Å². The second-order valence-electron chi connectivity index (χ2n) is 6.45. The van der Waals surface area contributed by atoms with E-state index in [1.54, 1.807) is 6.07 Å². The van der Waals surface area contributed by atoms with Crippen molar-refractivity contribution < 1.29 is 19.4 Å². The van der Waals surface area contributed by atoms with Crippen LogP contribution in [-0.4, -0.2) is 24.9 Å². The Morgan fingerprint density at radius 3 is 2.29 bits per heavy atom. The number of aromatic hydroxyl groups is 1. The Hall–Kier alpha value is -2.99. The number of carbonyl (C=O) groups excluding carboxylic acids is 1. The molecule has 0 saturated carbocycles. The van der Waals surface area contributed by atoms with Gasteiger partial charge in [0.1, 0.15) is 6.61 Å². The standard InChI is InChI=1S/C22H18BrNO4/c1-27-21-10-18(23)19(11-20(21)25)24-22(26)28-12-17-15-8-4-2-6-13(15)14-7-3-5-9-16(14)17/h2-11,17,25H,12H2,1H3,(H,24,26). The number of phenols is 1. The Morgan fingerprint density at radius 1 is 1.07 bits per heavy atom. The number of phenolic OH excluding ortho intramolecular Hbond substituents is 1. The van der Waals surface area contributed by atoms with Crippen LogP contribution in [-0.2, 0) is 4.74 Å². The zero-order valence-corrected chi connectivity index (χ0v) is 16.7. The number of hydrogen-bond acceptors (Lipinski definition) is 4. The van der Waals surface area contributed by atoms with Crippen LogP contribution in [0.15, 0.2) is 65.1 Å². The summed E-state index contributed by atoms with van der Waals surface area (Å²) in [6.07, 6.45) is -0.591. The van der Waals surface area contributed by atoms with Crippen LogP contribution < -0.4 is 10.1 Å². The maximum absolute atomic E-state index is 12.3. The fraction of sp³-hybridized carbons (Fsp3) is 0.136. The Morgan fingerprint density at radius 2 is 1.68 bits per heavy atom.